The maximum absolute atomic E-state index is 12.7. The maximum atomic E-state index is 12.7. The summed E-state index contributed by atoms with van der Waals surface area (Å²) in [5, 5.41) is 2.98. The highest BCUT2D eigenvalue weighted by Crippen LogP contribution is 2.29. The number of amides is 1. The van der Waals surface area contributed by atoms with Crippen molar-refractivity contribution in [2.45, 2.75) is 27.2 Å². The largest absolute Gasteiger partial charge is 0.494 e. The van der Waals surface area contributed by atoms with Crippen LogP contribution in [0.4, 0.5) is 17.1 Å². The summed E-state index contributed by atoms with van der Waals surface area (Å²) in [7, 11) is 0. The van der Waals surface area contributed by atoms with E-state index < -0.39 is 0 Å². The fraction of sp³-hybridized carbons (Fsp3) is 0.350. The lowest BCUT2D eigenvalue weighted by atomic mass is 10.1. The minimum Gasteiger partial charge on any atom is -0.494 e. The first kappa shape index (κ1) is 18.6. The molecular weight excluding hydrogens is 314 g/mol. The van der Waals surface area contributed by atoms with Crippen molar-refractivity contribution in [3.63, 3.8) is 0 Å². The van der Waals surface area contributed by atoms with E-state index in [4.69, 9.17) is 10.5 Å². The Labute approximate surface area is 149 Å². The van der Waals surface area contributed by atoms with Crippen molar-refractivity contribution in [2.75, 3.05) is 35.6 Å². The van der Waals surface area contributed by atoms with E-state index in [1.807, 2.05) is 31.2 Å². The summed E-state index contributed by atoms with van der Waals surface area (Å²) < 4.78 is 5.60. The number of hydrogen-bond acceptors (Lipinski definition) is 4. The number of rotatable bonds is 8. The number of nitrogens with zero attached hydrogens (tertiary/aromatic N) is 1. The molecule has 0 bridgehead atoms. The zero-order valence-corrected chi connectivity index (χ0v) is 15.2. The lowest BCUT2D eigenvalue weighted by molar-refractivity contribution is 0.102. The molecule has 0 atom stereocenters. The van der Waals surface area contributed by atoms with E-state index in [9.17, 15) is 4.79 Å². The van der Waals surface area contributed by atoms with Crippen molar-refractivity contribution >= 4 is 23.0 Å². The number of benzene rings is 2. The summed E-state index contributed by atoms with van der Waals surface area (Å²) >= 11 is 0. The van der Waals surface area contributed by atoms with E-state index in [1.165, 1.54) is 0 Å². The van der Waals surface area contributed by atoms with Gasteiger partial charge in [-0.25, -0.2) is 0 Å². The average Bonchev–Trinajstić information content (AvgIpc) is 2.62. The Morgan fingerprint density at radius 2 is 1.88 bits per heavy atom. The second-order valence-electron chi connectivity index (χ2n) is 5.78. The van der Waals surface area contributed by atoms with Crippen LogP contribution < -0.4 is 20.7 Å². The van der Waals surface area contributed by atoms with Crippen LogP contribution in [0.3, 0.4) is 0 Å². The molecule has 0 spiro atoms. The van der Waals surface area contributed by atoms with E-state index in [2.05, 4.69) is 24.1 Å². The van der Waals surface area contributed by atoms with E-state index >= 15 is 0 Å². The van der Waals surface area contributed by atoms with Crippen LogP contribution in [-0.2, 0) is 0 Å². The minimum atomic E-state index is -0.180. The topological polar surface area (TPSA) is 67.6 Å². The summed E-state index contributed by atoms with van der Waals surface area (Å²) in [6, 6.07) is 12.8. The molecular formula is C20H27N3O2. The molecule has 5 nitrogen and oxygen atoms in total. The van der Waals surface area contributed by atoms with Crippen LogP contribution in [0.15, 0.2) is 42.5 Å². The van der Waals surface area contributed by atoms with E-state index in [0.717, 1.165) is 25.2 Å². The highest BCUT2D eigenvalue weighted by Gasteiger charge is 2.13. The minimum absolute atomic E-state index is 0.180. The second kappa shape index (κ2) is 8.97. The summed E-state index contributed by atoms with van der Waals surface area (Å²) in [6.45, 7) is 8.55. The number of ether oxygens (including phenoxy) is 1. The summed E-state index contributed by atoms with van der Waals surface area (Å²) in [4.78, 5) is 14.9. The fourth-order valence-corrected chi connectivity index (χ4v) is 2.64. The molecule has 0 aliphatic heterocycles. The Morgan fingerprint density at radius 3 is 2.56 bits per heavy atom. The van der Waals surface area contributed by atoms with Gasteiger partial charge in [0.25, 0.3) is 5.91 Å². The molecule has 134 valence electrons. The van der Waals surface area contributed by atoms with Crippen LogP contribution in [0, 0.1) is 0 Å². The molecule has 0 radical (unpaired) electrons. The molecule has 3 N–H and O–H groups in total. The molecule has 0 aromatic heterocycles. The van der Waals surface area contributed by atoms with Gasteiger partial charge in [-0.1, -0.05) is 13.0 Å². The molecule has 0 aliphatic rings. The van der Waals surface area contributed by atoms with E-state index in [1.54, 1.807) is 18.2 Å². The quantitative estimate of drug-likeness (QED) is 0.708. The van der Waals surface area contributed by atoms with Gasteiger partial charge in [-0.15, -0.1) is 0 Å². The number of hydrogen-bond donors (Lipinski definition) is 2. The lowest BCUT2D eigenvalue weighted by Gasteiger charge is -2.24. The Bertz CT molecular complexity index is 712. The Kier molecular flexibility index (Phi) is 6.69. The van der Waals surface area contributed by atoms with Gasteiger partial charge in [-0.3, -0.25) is 4.79 Å². The van der Waals surface area contributed by atoms with Crippen LogP contribution in [-0.4, -0.2) is 25.6 Å². The van der Waals surface area contributed by atoms with E-state index in [0.29, 0.717) is 29.3 Å². The lowest BCUT2D eigenvalue weighted by Crippen LogP contribution is -2.24. The number of nitrogen functional groups attached to an aromatic ring is 1. The molecule has 5 heteroatoms. The van der Waals surface area contributed by atoms with Gasteiger partial charge >= 0.3 is 0 Å². The normalized spacial score (nSPS) is 10.4. The first-order valence-corrected chi connectivity index (χ1v) is 8.77. The molecule has 0 unspecified atom stereocenters. The molecule has 0 fully saturated rings. The molecule has 0 heterocycles. The van der Waals surface area contributed by atoms with E-state index in [-0.39, 0.29) is 5.91 Å². The Hall–Kier alpha value is -2.69. The number of carbonyl (C=O) groups excluding carboxylic acids is 1. The van der Waals surface area contributed by atoms with Crippen LogP contribution in [0.5, 0.6) is 5.75 Å². The summed E-state index contributed by atoms with van der Waals surface area (Å²) in [5.41, 5.74) is 8.77. The first-order valence-electron chi connectivity index (χ1n) is 8.77. The third-order valence-corrected chi connectivity index (χ3v) is 3.94. The maximum Gasteiger partial charge on any atom is 0.255 e. The molecule has 1 amide bonds. The predicted octanol–water partition coefficient (Wildman–Crippen LogP) is 4.16. The highest BCUT2D eigenvalue weighted by molar-refractivity contribution is 6.06. The number of carbonyl (C=O) groups is 1. The van der Waals surface area contributed by atoms with Crippen molar-refractivity contribution in [3.8, 4) is 5.75 Å². The van der Waals surface area contributed by atoms with Gasteiger partial charge < -0.3 is 20.7 Å². The van der Waals surface area contributed by atoms with Crippen molar-refractivity contribution in [2.24, 2.45) is 0 Å². The third-order valence-electron chi connectivity index (χ3n) is 3.94. The number of nitrogens with two attached hydrogens (primary N) is 1. The molecule has 0 saturated carbocycles. The van der Waals surface area contributed by atoms with Gasteiger partial charge in [-0.2, -0.15) is 0 Å². The molecule has 2 rings (SSSR count). The predicted molar refractivity (Wildman–Crippen MR) is 105 cm³/mol. The highest BCUT2D eigenvalue weighted by atomic mass is 16.5. The first-order chi connectivity index (χ1) is 12.1. The van der Waals surface area contributed by atoms with Gasteiger partial charge in [0.15, 0.2) is 0 Å². The van der Waals surface area contributed by atoms with Crippen molar-refractivity contribution < 1.29 is 9.53 Å². The molecule has 25 heavy (non-hydrogen) atoms. The third kappa shape index (κ3) is 4.89. The monoisotopic (exact) mass is 341 g/mol. The molecule has 0 saturated heterocycles. The average molecular weight is 341 g/mol. The zero-order valence-electron chi connectivity index (χ0n) is 15.2. The molecule has 2 aromatic carbocycles. The second-order valence-corrected chi connectivity index (χ2v) is 5.78. The van der Waals surface area contributed by atoms with Gasteiger partial charge in [0.05, 0.1) is 18.0 Å². The summed E-state index contributed by atoms with van der Waals surface area (Å²) in [5.74, 6) is 0.520. The summed E-state index contributed by atoms with van der Waals surface area (Å²) in [6.07, 6.45) is 0.924. The van der Waals surface area contributed by atoms with Crippen LogP contribution in [0.1, 0.15) is 37.6 Å². The van der Waals surface area contributed by atoms with Crippen LogP contribution >= 0.6 is 0 Å². The van der Waals surface area contributed by atoms with Gasteiger partial charge in [0, 0.05) is 24.3 Å². The SMILES string of the molecule is CCCOc1cccc(C(=O)Nc2cc(N)ccc2N(CC)CC)c1. The van der Waals surface area contributed by atoms with Crippen LogP contribution in [0.25, 0.3) is 0 Å². The van der Waals surface area contributed by atoms with Gasteiger partial charge in [-0.05, 0) is 56.7 Å². The number of anilines is 3. The van der Waals surface area contributed by atoms with Crippen LogP contribution in [0.2, 0.25) is 0 Å². The van der Waals surface area contributed by atoms with Crippen molar-refractivity contribution in [1.82, 2.24) is 0 Å². The standard InChI is InChI=1S/C20H27N3O2/c1-4-12-25-17-9-7-8-15(13-17)20(24)22-18-14-16(21)10-11-19(18)23(5-2)6-3/h7-11,13-14H,4-6,12,21H2,1-3H3,(H,22,24). The Balaban J connectivity index is 2.24. The fourth-order valence-electron chi connectivity index (χ4n) is 2.64. The van der Waals surface area contributed by atoms with Gasteiger partial charge in [0.2, 0.25) is 0 Å². The number of nitrogens with one attached hydrogen (secondary N) is 1. The van der Waals surface area contributed by atoms with Crippen molar-refractivity contribution in [3.05, 3.63) is 48.0 Å². The smallest absolute Gasteiger partial charge is 0.255 e. The Morgan fingerprint density at radius 1 is 1.12 bits per heavy atom. The zero-order chi connectivity index (χ0) is 18.2. The molecule has 0 aliphatic carbocycles. The van der Waals surface area contributed by atoms with Gasteiger partial charge in [0.1, 0.15) is 5.75 Å². The molecule has 2 aromatic rings. The van der Waals surface area contributed by atoms with Crippen molar-refractivity contribution in [1.29, 1.82) is 0 Å².